The van der Waals surface area contributed by atoms with Crippen LogP contribution in [-0.4, -0.2) is 81.4 Å². The number of amides is 2. The molecular weight excluding hydrogens is 651 g/mol. The molecule has 3 aromatic carbocycles. The molecule has 3 aromatic rings. The van der Waals surface area contributed by atoms with E-state index in [4.69, 9.17) is 16.3 Å². The van der Waals surface area contributed by atoms with Gasteiger partial charge >= 0.3 is 6.36 Å². The first kappa shape index (κ1) is 33.5. The van der Waals surface area contributed by atoms with Crippen molar-refractivity contribution in [3.8, 4) is 11.5 Å². The van der Waals surface area contributed by atoms with E-state index in [1.165, 1.54) is 49.2 Å². The van der Waals surface area contributed by atoms with Gasteiger partial charge in [0.25, 0.3) is 15.9 Å². The van der Waals surface area contributed by atoms with Crippen molar-refractivity contribution >= 4 is 39.1 Å². The van der Waals surface area contributed by atoms with Gasteiger partial charge in [-0.3, -0.25) is 14.5 Å². The number of fused-ring (bicyclic) bond motifs is 1. The van der Waals surface area contributed by atoms with Gasteiger partial charge in [-0.1, -0.05) is 35.4 Å². The molecule has 0 aromatic heterocycles. The summed E-state index contributed by atoms with van der Waals surface area (Å²) in [6.07, 6.45) is -6.43. The molecule has 1 saturated heterocycles. The van der Waals surface area contributed by atoms with E-state index in [0.717, 1.165) is 18.2 Å². The van der Waals surface area contributed by atoms with Crippen LogP contribution in [0.3, 0.4) is 0 Å². The van der Waals surface area contributed by atoms with Gasteiger partial charge in [-0.2, -0.15) is 0 Å². The number of β-amino-alcohol motifs (C(OH)–C–C–N with tert-alkyl or cyclic N) is 1. The number of carbonyl (C=O) groups is 2. The molecule has 5 rings (SSSR count). The zero-order valence-corrected chi connectivity index (χ0v) is 27.0. The summed E-state index contributed by atoms with van der Waals surface area (Å²) in [6, 6.07) is 10.9. The Morgan fingerprint density at radius 2 is 1.76 bits per heavy atom. The molecule has 46 heavy (non-hydrogen) atoms. The maximum Gasteiger partial charge on any atom is 0.573 e. The number of likely N-dealkylation sites (tertiary alicyclic amines) is 1. The third-order valence-electron chi connectivity index (χ3n) is 8.17. The average Bonchev–Trinajstić information content (AvgIpc) is 3.47. The normalized spacial score (nSPS) is 21.8. The van der Waals surface area contributed by atoms with Crippen LogP contribution in [0.15, 0.2) is 59.5 Å². The Balaban J connectivity index is 1.86. The van der Waals surface area contributed by atoms with Crippen LogP contribution in [0.1, 0.15) is 28.7 Å². The van der Waals surface area contributed by atoms with E-state index in [1.807, 2.05) is 0 Å². The van der Waals surface area contributed by atoms with E-state index in [9.17, 15) is 31.5 Å². The van der Waals surface area contributed by atoms with E-state index in [2.05, 4.69) is 4.74 Å². The molecule has 3 atom stereocenters. The molecule has 0 bridgehead atoms. The molecule has 2 heterocycles. The number of likely N-dealkylation sites (N-methyl/N-ethyl adjacent to an activating group) is 1. The zero-order chi connectivity index (χ0) is 33.9. The summed E-state index contributed by atoms with van der Waals surface area (Å²) in [5.74, 6) is -2.79. The largest absolute Gasteiger partial charge is 0.573 e. The van der Waals surface area contributed by atoms with Crippen LogP contribution in [0, 0.1) is 13.8 Å². The van der Waals surface area contributed by atoms with Gasteiger partial charge in [0, 0.05) is 37.3 Å². The highest BCUT2D eigenvalue weighted by Crippen LogP contribution is 2.54. The summed E-state index contributed by atoms with van der Waals surface area (Å²) in [5.41, 5.74) is -0.627. The van der Waals surface area contributed by atoms with Crippen LogP contribution in [0.25, 0.3) is 0 Å². The highest BCUT2D eigenvalue weighted by Gasteiger charge is 2.63. The van der Waals surface area contributed by atoms with Crippen molar-refractivity contribution in [2.45, 2.75) is 49.2 Å². The number of nitrogens with zero attached hydrogens (tertiary/aromatic N) is 3. The number of benzene rings is 3. The number of alkyl halides is 3. The lowest BCUT2D eigenvalue weighted by molar-refractivity contribution is -0.275. The molecule has 10 nitrogen and oxygen atoms in total. The second kappa shape index (κ2) is 11.7. The number of carbonyl (C=O) groups excluding carboxylic acids is 2. The summed E-state index contributed by atoms with van der Waals surface area (Å²) in [6.45, 7) is 3.26. The fourth-order valence-corrected chi connectivity index (χ4v) is 7.98. The predicted molar refractivity (Wildman–Crippen MR) is 162 cm³/mol. The summed E-state index contributed by atoms with van der Waals surface area (Å²) in [5, 5.41) is 11.0. The van der Waals surface area contributed by atoms with Gasteiger partial charge in [0.15, 0.2) is 11.3 Å². The number of anilines is 1. The van der Waals surface area contributed by atoms with Crippen LogP contribution in [0.2, 0.25) is 5.02 Å². The van der Waals surface area contributed by atoms with Crippen molar-refractivity contribution in [2.75, 3.05) is 32.1 Å². The number of hydrogen-bond acceptors (Lipinski definition) is 8. The summed E-state index contributed by atoms with van der Waals surface area (Å²) < 4.78 is 79.1. The Bertz CT molecular complexity index is 1840. The minimum atomic E-state index is -5.29. The predicted octanol–water partition coefficient (Wildman–Crippen LogP) is 4.37. The maximum atomic E-state index is 15.2. The second-order valence-electron chi connectivity index (χ2n) is 11.4. The van der Waals surface area contributed by atoms with Crippen molar-refractivity contribution in [1.29, 1.82) is 0 Å². The molecular formula is C31H31ClF3N3O7S. The highest BCUT2D eigenvalue weighted by molar-refractivity contribution is 7.93. The summed E-state index contributed by atoms with van der Waals surface area (Å²) >= 11 is 6.47. The number of halogens is 4. The van der Waals surface area contributed by atoms with Gasteiger partial charge in [-0.25, -0.2) is 12.7 Å². The van der Waals surface area contributed by atoms with Gasteiger partial charge in [0.1, 0.15) is 10.6 Å². The Labute approximate surface area is 268 Å². The minimum absolute atomic E-state index is 0.0679. The first-order valence-electron chi connectivity index (χ1n) is 14.0. The maximum absolute atomic E-state index is 15.2. The molecule has 0 spiro atoms. The molecule has 0 saturated carbocycles. The molecule has 15 heteroatoms. The first-order chi connectivity index (χ1) is 21.4. The van der Waals surface area contributed by atoms with Crippen molar-refractivity contribution in [3.63, 3.8) is 0 Å². The van der Waals surface area contributed by atoms with Crippen LogP contribution >= 0.6 is 11.6 Å². The molecule has 246 valence electrons. The van der Waals surface area contributed by atoms with Crippen molar-refractivity contribution in [2.24, 2.45) is 0 Å². The topological polar surface area (TPSA) is 117 Å². The van der Waals surface area contributed by atoms with Gasteiger partial charge in [-0.05, 0) is 61.7 Å². The smallest absolute Gasteiger partial charge is 0.497 e. The molecule has 2 amide bonds. The SMILES string of the molecule is COc1ccc(S(=O)(=O)N2C(=O)C(c3cc(C)ccc3C)(N3C[C@H](O)C[C@H]3C(=O)N(C)C)c3cc(Cl)ccc32)c(OC(F)(F)F)c1. The van der Waals surface area contributed by atoms with Crippen LogP contribution in [0.5, 0.6) is 11.5 Å². The number of rotatable bonds is 7. The number of ether oxygens (including phenoxy) is 2. The standard InChI is InChI=1S/C31H31ClF3N3O7S/c1-17-6-7-18(2)22(12-17)30(37-16-20(39)14-25(37)28(40)36(3)4)23-13-19(32)8-10-24(23)38(29(30)41)46(42,43)27-11-9-21(44-5)15-26(27)45-31(33,34)35/h6-13,15,20,25,39H,14,16H2,1-5H3/t20-,25+,30?/m1/s1. The Hall–Kier alpha value is -3.85. The molecule has 0 radical (unpaired) electrons. The average molecular weight is 682 g/mol. The van der Waals surface area contributed by atoms with Crippen LogP contribution in [0.4, 0.5) is 18.9 Å². The van der Waals surface area contributed by atoms with Crippen molar-refractivity contribution in [3.05, 3.63) is 81.9 Å². The number of methoxy groups -OCH3 is 1. The molecule has 0 aliphatic carbocycles. The molecule has 1 unspecified atom stereocenters. The molecule has 2 aliphatic heterocycles. The van der Waals surface area contributed by atoms with Gasteiger partial charge in [-0.15, -0.1) is 13.2 Å². The lowest BCUT2D eigenvalue weighted by Gasteiger charge is -2.42. The second-order valence-corrected chi connectivity index (χ2v) is 13.6. The number of aliphatic hydroxyl groups is 1. The number of aryl methyl sites for hydroxylation is 2. The van der Waals surface area contributed by atoms with E-state index in [0.29, 0.717) is 21.0 Å². The van der Waals surface area contributed by atoms with Crippen molar-refractivity contribution < 1.29 is 45.8 Å². The number of sulfonamides is 1. The highest BCUT2D eigenvalue weighted by atomic mass is 35.5. The number of hydrogen-bond donors (Lipinski definition) is 1. The summed E-state index contributed by atoms with van der Waals surface area (Å²) in [4.78, 5) is 30.6. The van der Waals surface area contributed by atoms with Gasteiger partial charge in [0.05, 0.1) is 24.9 Å². The number of aliphatic hydroxyl groups excluding tert-OH is 1. The zero-order valence-electron chi connectivity index (χ0n) is 25.4. The van der Waals surface area contributed by atoms with E-state index >= 15 is 4.79 Å². The Kier molecular flexibility index (Phi) is 8.56. The summed E-state index contributed by atoms with van der Waals surface area (Å²) in [7, 11) is -0.959. The lowest BCUT2D eigenvalue weighted by Crippen LogP contribution is -2.59. The fourth-order valence-electron chi connectivity index (χ4n) is 6.25. The van der Waals surface area contributed by atoms with E-state index in [-0.39, 0.29) is 35.0 Å². The first-order valence-corrected chi connectivity index (χ1v) is 15.8. The van der Waals surface area contributed by atoms with E-state index < -0.39 is 56.5 Å². The monoisotopic (exact) mass is 681 g/mol. The van der Waals surface area contributed by atoms with Gasteiger partial charge in [0.2, 0.25) is 5.91 Å². The van der Waals surface area contributed by atoms with Crippen molar-refractivity contribution in [1.82, 2.24) is 9.80 Å². The molecule has 1 fully saturated rings. The lowest BCUT2D eigenvalue weighted by atomic mass is 9.78. The van der Waals surface area contributed by atoms with E-state index in [1.54, 1.807) is 32.0 Å². The minimum Gasteiger partial charge on any atom is -0.497 e. The fraction of sp³-hybridized carbons (Fsp3) is 0.355. The quantitative estimate of drug-likeness (QED) is 0.391. The molecule has 1 N–H and O–H groups in total. The Morgan fingerprint density at radius 3 is 2.39 bits per heavy atom. The van der Waals surface area contributed by atoms with Crippen LogP contribution in [-0.2, 0) is 25.2 Å². The third-order valence-corrected chi connectivity index (χ3v) is 10.1. The molecule has 2 aliphatic rings. The Morgan fingerprint density at radius 1 is 1.07 bits per heavy atom. The van der Waals surface area contributed by atoms with Gasteiger partial charge < -0.3 is 19.5 Å². The third kappa shape index (κ3) is 5.46. The van der Waals surface area contributed by atoms with Crippen LogP contribution < -0.4 is 13.8 Å².